The SMILES string of the molecule is CC[C@@H](c1nnnn1Cc1ccccc1)N(CCc1ccccc1)Cc1cc2cc(C)c(C)cc2[nH]c1=O. The molecule has 0 fully saturated rings. The number of nitrogens with zero attached hydrogens (tertiary/aromatic N) is 5. The first-order chi connectivity index (χ1) is 18.5. The summed E-state index contributed by atoms with van der Waals surface area (Å²) in [6, 6.07) is 26.9. The summed E-state index contributed by atoms with van der Waals surface area (Å²) < 4.78 is 1.88. The number of nitrogens with one attached hydrogen (secondary N) is 1. The molecule has 0 unspecified atom stereocenters. The molecule has 0 aliphatic heterocycles. The fourth-order valence-corrected chi connectivity index (χ4v) is 5.04. The number of H-pyrrole nitrogens is 1. The van der Waals surface area contributed by atoms with Crippen LogP contribution in [0.1, 0.15) is 53.0 Å². The molecule has 0 spiro atoms. The largest absolute Gasteiger partial charge is 0.322 e. The molecule has 7 nitrogen and oxygen atoms in total. The van der Waals surface area contributed by atoms with Crippen molar-refractivity contribution in [3.8, 4) is 0 Å². The van der Waals surface area contributed by atoms with Gasteiger partial charge in [0.1, 0.15) is 0 Å². The zero-order valence-electron chi connectivity index (χ0n) is 22.3. The van der Waals surface area contributed by atoms with Gasteiger partial charge in [-0.15, -0.1) is 5.10 Å². The Labute approximate surface area is 223 Å². The van der Waals surface area contributed by atoms with Crippen LogP contribution in [-0.2, 0) is 19.5 Å². The van der Waals surface area contributed by atoms with E-state index in [9.17, 15) is 4.79 Å². The molecule has 0 saturated carbocycles. The van der Waals surface area contributed by atoms with Crippen LogP contribution in [0.15, 0.2) is 83.7 Å². The van der Waals surface area contributed by atoms with E-state index >= 15 is 0 Å². The highest BCUT2D eigenvalue weighted by Gasteiger charge is 2.26. The van der Waals surface area contributed by atoms with Gasteiger partial charge in [-0.05, 0) is 83.0 Å². The molecule has 0 bridgehead atoms. The van der Waals surface area contributed by atoms with Gasteiger partial charge in [0.2, 0.25) is 0 Å². The first kappa shape index (κ1) is 25.5. The maximum Gasteiger partial charge on any atom is 0.252 e. The molecule has 0 aliphatic rings. The number of aromatic amines is 1. The molecule has 194 valence electrons. The molecule has 0 radical (unpaired) electrons. The van der Waals surface area contributed by atoms with Gasteiger partial charge in [-0.2, -0.15) is 0 Å². The first-order valence-corrected chi connectivity index (χ1v) is 13.2. The van der Waals surface area contributed by atoms with Gasteiger partial charge in [0, 0.05) is 24.2 Å². The summed E-state index contributed by atoms with van der Waals surface area (Å²) in [6.07, 6.45) is 1.68. The molecule has 3 aromatic carbocycles. The summed E-state index contributed by atoms with van der Waals surface area (Å²) in [6.45, 7) is 8.19. The Hall–Kier alpha value is -4.10. The van der Waals surface area contributed by atoms with Gasteiger partial charge in [0.05, 0.1) is 12.6 Å². The molecule has 0 saturated heterocycles. The van der Waals surface area contributed by atoms with Gasteiger partial charge in [-0.1, -0.05) is 67.6 Å². The first-order valence-electron chi connectivity index (χ1n) is 13.2. The van der Waals surface area contributed by atoms with Crippen LogP contribution < -0.4 is 5.56 Å². The maximum atomic E-state index is 13.2. The van der Waals surface area contributed by atoms with E-state index in [1.165, 1.54) is 16.7 Å². The minimum absolute atomic E-state index is 0.0488. The second-order valence-electron chi connectivity index (χ2n) is 9.96. The number of pyridine rings is 1. The van der Waals surface area contributed by atoms with Crippen molar-refractivity contribution in [2.75, 3.05) is 6.54 Å². The highest BCUT2D eigenvalue weighted by Crippen LogP contribution is 2.26. The van der Waals surface area contributed by atoms with E-state index in [0.717, 1.165) is 47.2 Å². The standard InChI is InChI=1S/C31H34N6O/c1-4-29(30-33-34-35-37(30)20-25-13-9-6-10-14-25)36(16-15-24-11-7-5-8-12-24)21-27-19-26-17-22(2)23(3)18-28(26)32-31(27)38/h5-14,17-19,29H,4,15-16,20-21H2,1-3H3,(H,32,38)/t29-/m0/s1. The number of benzene rings is 3. The lowest BCUT2D eigenvalue weighted by molar-refractivity contribution is 0.172. The van der Waals surface area contributed by atoms with Crippen LogP contribution in [0.4, 0.5) is 0 Å². The van der Waals surface area contributed by atoms with Crippen LogP contribution in [0, 0.1) is 13.8 Å². The van der Waals surface area contributed by atoms with E-state index in [2.05, 4.69) is 94.7 Å². The smallest absolute Gasteiger partial charge is 0.252 e. The monoisotopic (exact) mass is 506 g/mol. The lowest BCUT2D eigenvalue weighted by Gasteiger charge is -2.30. The average Bonchev–Trinajstić information content (AvgIpc) is 3.38. The molecular weight excluding hydrogens is 472 g/mol. The van der Waals surface area contributed by atoms with E-state index in [1.807, 2.05) is 35.0 Å². The highest BCUT2D eigenvalue weighted by atomic mass is 16.1. The minimum atomic E-state index is -0.0517. The summed E-state index contributed by atoms with van der Waals surface area (Å²) in [5, 5.41) is 13.9. The third-order valence-electron chi connectivity index (χ3n) is 7.30. The number of aromatic nitrogens is 5. The summed E-state index contributed by atoms with van der Waals surface area (Å²) in [7, 11) is 0. The van der Waals surface area contributed by atoms with Crippen LogP contribution in [-0.4, -0.2) is 36.6 Å². The van der Waals surface area contributed by atoms with Gasteiger partial charge < -0.3 is 4.98 Å². The lowest BCUT2D eigenvalue weighted by Crippen LogP contribution is -2.34. The third-order valence-corrected chi connectivity index (χ3v) is 7.30. The Kier molecular flexibility index (Phi) is 7.75. The summed E-state index contributed by atoms with van der Waals surface area (Å²) in [5.74, 6) is 0.813. The van der Waals surface area contributed by atoms with Crippen molar-refractivity contribution in [3.05, 3.63) is 123 Å². The van der Waals surface area contributed by atoms with E-state index < -0.39 is 0 Å². The van der Waals surface area contributed by atoms with Gasteiger partial charge in [-0.3, -0.25) is 9.69 Å². The molecular formula is C31H34N6O. The van der Waals surface area contributed by atoms with E-state index in [0.29, 0.717) is 13.1 Å². The van der Waals surface area contributed by atoms with Gasteiger partial charge >= 0.3 is 0 Å². The van der Waals surface area contributed by atoms with Crippen molar-refractivity contribution in [2.45, 2.75) is 52.7 Å². The van der Waals surface area contributed by atoms with Crippen LogP contribution in [0.3, 0.4) is 0 Å². The molecule has 0 aliphatic carbocycles. The Morgan fingerprint density at radius 3 is 2.32 bits per heavy atom. The summed E-state index contributed by atoms with van der Waals surface area (Å²) in [5.41, 5.74) is 6.35. The predicted octanol–water partition coefficient (Wildman–Crippen LogP) is 5.38. The third kappa shape index (κ3) is 5.73. The number of hydrogen-bond donors (Lipinski definition) is 1. The zero-order valence-corrected chi connectivity index (χ0v) is 22.3. The second-order valence-corrected chi connectivity index (χ2v) is 9.96. The Balaban J connectivity index is 1.49. The minimum Gasteiger partial charge on any atom is -0.322 e. The number of tetrazole rings is 1. The Morgan fingerprint density at radius 1 is 0.921 bits per heavy atom. The van der Waals surface area contributed by atoms with Crippen molar-refractivity contribution >= 4 is 10.9 Å². The van der Waals surface area contributed by atoms with Crippen LogP contribution >= 0.6 is 0 Å². The number of fused-ring (bicyclic) bond motifs is 1. The number of hydrogen-bond acceptors (Lipinski definition) is 5. The zero-order chi connectivity index (χ0) is 26.5. The van der Waals surface area contributed by atoms with Crippen molar-refractivity contribution in [2.24, 2.45) is 0 Å². The number of rotatable bonds is 10. The van der Waals surface area contributed by atoms with E-state index in [1.54, 1.807) is 0 Å². The van der Waals surface area contributed by atoms with Crippen LogP contribution in [0.2, 0.25) is 0 Å². The molecule has 2 heterocycles. The van der Waals surface area contributed by atoms with Crippen molar-refractivity contribution < 1.29 is 0 Å². The Bertz CT molecular complexity index is 1560. The highest BCUT2D eigenvalue weighted by molar-refractivity contribution is 5.80. The fraction of sp³-hybridized carbons (Fsp3) is 0.290. The summed E-state index contributed by atoms with van der Waals surface area (Å²) in [4.78, 5) is 18.7. The molecule has 5 aromatic rings. The lowest BCUT2D eigenvalue weighted by atomic mass is 10.0. The van der Waals surface area contributed by atoms with Crippen LogP contribution in [0.5, 0.6) is 0 Å². The second kappa shape index (κ2) is 11.5. The van der Waals surface area contributed by atoms with Gasteiger partial charge in [0.25, 0.3) is 5.56 Å². The maximum absolute atomic E-state index is 13.2. The number of aryl methyl sites for hydroxylation is 2. The van der Waals surface area contributed by atoms with Gasteiger partial charge in [-0.25, -0.2) is 4.68 Å². The molecule has 1 N–H and O–H groups in total. The summed E-state index contributed by atoms with van der Waals surface area (Å²) >= 11 is 0. The molecule has 0 amide bonds. The average molecular weight is 507 g/mol. The van der Waals surface area contributed by atoms with E-state index in [-0.39, 0.29) is 11.6 Å². The molecule has 2 aromatic heterocycles. The van der Waals surface area contributed by atoms with Crippen molar-refractivity contribution in [3.63, 3.8) is 0 Å². The van der Waals surface area contributed by atoms with Gasteiger partial charge in [0.15, 0.2) is 5.82 Å². The molecule has 1 atom stereocenters. The van der Waals surface area contributed by atoms with Crippen molar-refractivity contribution in [1.29, 1.82) is 0 Å². The topological polar surface area (TPSA) is 79.7 Å². The Morgan fingerprint density at radius 2 is 1.61 bits per heavy atom. The molecule has 7 heteroatoms. The van der Waals surface area contributed by atoms with E-state index in [4.69, 9.17) is 0 Å². The predicted molar refractivity (Wildman–Crippen MR) is 151 cm³/mol. The molecule has 5 rings (SSSR count). The quantitative estimate of drug-likeness (QED) is 0.275. The van der Waals surface area contributed by atoms with Crippen LogP contribution in [0.25, 0.3) is 10.9 Å². The molecule has 38 heavy (non-hydrogen) atoms. The fourth-order valence-electron chi connectivity index (χ4n) is 5.04. The van der Waals surface area contributed by atoms with Crippen molar-refractivity contribution in [1.82, 2.24) is 30.1 Å². The normalized spacial score (nSPS) is 12.3.